The number of thiocarbonyl (C=S) groups is 1. The van der Waals surface area contributed by atoms with Crippen LogP contribution in [0.15, 0.2) is 24.3 Å². The van der Waals surface area contributed by atoms with E-state index in [1.54, 1.807) is 18.2 Å². The van der Waals surface area contributed by atoms with E-state index in [1.807, 2.05) is 13.0 Å². The van der Waals surface area contributed by atoms with Crippen LogP contribution in [-0.4, -0.2) is 27.7 Å². The molecule has 0 fully saturated rings. The van der Waals surface area contributed by atoms with E-state index in [0.29, 0.717) is 12.0 Å². The van der Waals surface area contributed by atoms with Gasteiger partial charge in [-0.3, -0.25) is 14.5 Å². The van der Waals surface area contributed by atoms with Gasteiger partial charge in [-0.25, -0.2) is 0 Å². The zero-order valence-corrected chi connectivity index (χ0v) is 10.9. The fourth-order valence-corrected chi connectivity index (χ4v) is 2.47. The largest absolute Gasteiger partial charge is 0.392 e. The summed E-state index contributed by atoms with van der Waals surface area (Å²) in [5.41, 5.74) is 6.93. The van der Waals surface area contributed by atoms with E-state index in [-0.39, 0.29) is 23.2 Å². The van der Waals surface area contributed by atoms with Crippen LogP contribution in [0.5, 0.6) is 0 Å². The lowest BCUT2D eigenvalue weighted by Crippen LogP contribution is -2.52. The van der Waals surface area contributed by atoms with Crippen LogP contribution in [0.25, 0.3) is 0 Å². The van der Waals surface area contributed by atoms with E-state index in [1.165, 1.54) is 4.90 Å². The second kappa shape index (κ2) is 4.86. The first-order valence-electron chi connectivity index (χ1n) is 5.79. The van der Waals surface area contributed by atoms with Crippen LogP contribution in [0, 0.1) is 0 Å². The zero-order valence-electron chi connectivity index (χ0n) is 10.1. The Kier molecular flexibility index (Phi) is 3.43. The molecule has 1 heterocycles. The molecule has 18 heavy (non-hydrogen) atoms. The molecule has 5 heteroatoms. The van der Waals surface area contributed by atoms with Gasteiger partial charge in [0.2, 0.25) is 5.91 Å². The molecule has 1 unspecified atom stereocenters. The predicted octanol–water partition coefficient (Wildman–Crippen LogP) is 1.28. The lowest BCUT2D eigenvalue weighted by atomic mass is 9.96. The minimum Gasteiger partial charge on any atom is -0.392 e. The number of fused-ring (bicyclic) bond motifs is 1. The topological polar surface area (TPSA) is 63.4 Å². The van der Waals surface area contributed by atoms with Gasteiger partial charge in [0.1, 0.15) is 0 Å². The summed E-state index contributed by atoms with van der Waals surface area (Å²) in [5.74, 6) is -0.542. The molecule has 1 aliphatic heterocycles. The van der Waals surface area contributed by atoms with Crippen LogP contribution < -0.4 is 5.73 Å². The number of nitrogens with zero attached hydrogens (tertiary/aromatic N) is 1. The molecular formula is C13H14N2O2S. The number of imide groups is 1. The number of hydrogen-bond donors (Lipinski definition) is 1. The number of amides is 2. The minimum absolute atomic E-state index is 0.179. The van der Waals surface area contributed by atoms with Gasteiger partial charge >= 0.3 is 0 Å². The van der Waals surface area contributed by atoms with Crippen molar-refractivity contribution in [2.75, 3.05) is 0 Å². The first-order chi connectivity index (χ1) is 8.56. The number of carbonyl (C=O) groups excluding carboxylic acids is 2. The van der Waals surface area contributed by atoms with Gasteiger partial charge in [-0.2, -0.15) is 0 Å². The molecule has 0 aliphatic carbocycles. The third kappa shape index (κ3) is 2.01. The molecule has 0 spiro atoms. The molecule has 2 N–H and O–H groups in total. The number of nitrogens with two attached hydrogens (primary N) is 1. The normalized spacial score (nSPS) is 16.4. The molecule has 1 atom stereocenters. The molecular weight excluding hydrogens is 248 g/mol. The molecule has 0 saturated carbocycles. The highest BCUT2D eigenvalue weighted by molar-refractivity contribution is 7.80. The average Bonchev–Trinajstić information content (AvgIpc) is 2.34. The van der Waals surface area contributed by atoms with E-state index >= 15 is 0 Å². The first-order valence-corrected chi connectivity index (χ1v) is 6.20. The Morgan fingerprint density at radius 1 is 1.44 bits per heavy atom. The van der Waals surface area contributed by atoms with E-state index in [9.17, 15) is 9.59 Å². The third-order valence-electron chi connectivity index (χ3n) is 3.10. The van der Waals surface area contributed by atoms with Crippen molar-refractivity contribution in [2.24, 2.45) is 5.73 Å². The van der Waals surface area contributed by atoms with Crippen molar-refractivity contribution in [3.8, 4) is 0 Å². The van der Waals surface area contributed by atoms with Crippen molar-refractivity contribution in [1.82, 2.24) is 4.90 Å². The van der Waals surface area contributed by atoms with E-state index < -0.39 is 6.04 Å². The van der Waals surface area contributed by atoms with Crippen LogP contribution in [-0.2, 0) is 11.2 Å². The fourth-order valence-electron chi connectivity index (χ4n) is 2.20. The quantitative estimate of drug-likeness (QED) is 0.658. The van der Waals surface area contributed by atoms with Crippen molar-refractivity contribution < 1.29 is 9.59 Å². The molecule has 1 aromatic carbocycles. The van der Waals surface area contributed by atoms with Crippen molar-refractivity contribution in [3.63, 3.8) is 0 Å². The third-order valence-corrected chi connectivity index (χ3v) is 3.38. The summed E-state index contributed by atoms with van der Waals surface area (Å²) in [5, 5.41) is 0. The van der Waals surface area contributed by atoms with Crippen LogP contribution >= 0.6 is 12.2 Å². The number of carbonyl (C=O) groups is 2. The monoisotopic (exact) mass is 262 g/mol. The van der Waals surface area contributed by atoms with Crippen molar-refractivity contribution in [3.05, 3.63) is 35.4 Å². The Bertz CT molecular complexity index is 527. The fraction of sp³-hybridized carbons (Fsp3) is 0.308. The lowest BCUT2D eigenvalue weighted by Gasteiger charge is -2.32. The van der Waals surface area contributed by atoms with Crippen LogP contribution in [0.3, 0.4) is 0 Å². The zero-order chi connectivity index (χ0) is 13.3. The summed E-state index contributed by atoms with van der Waals surface area (Å²) < 4.78 is 0. The number of hydrogen-bond acceptors (Lipinski definition) is 3. The van der Waals surface area contributed by atoms with Gasteiger partial charge in [0.15, 0.2) is 0 Å². The summed E-state index contributed by atoms with van der Waals surface area (Å²) in [7, 11) is 0. The SMILES string of the molecule is CCC(C(N)=S)N1C(=O)Cc2ccccc2C1=O. The van der Waals surface area contributed by atoms with Gasteiger partial charge in [-0.05, 0) is 18.1 Å². The second-order valence-corrected chi connectivity index (χ2v) is 4.70. The van der Waals surface area contributed by atoms with Gasteiger partial charge in [0.25, 0.3) is 5.91 Å². The van der Waals surface area contributed by atoms with Gasteiger partial charge < -0.3 is 5.73 Å². The van der Waals surface area contributed by atoms with Crippen LogP contribution in [0.2, 0.25) is 0 Å². The number of benzene rings is 1. The Balaban J connectivity index is 2.43. The smallest absolute Gasteiger partial charge is 0.261 e. The van der Waals surface area contributed by atoms with Crippen molar-refractivity contribution in [2.45, 2.75) is 25.8 Å². The predicted molar refractivity (Wildman–Crippen MR) is 72.2 cm³/mol. The molecule has 2 rings (SSSR count). The molecule has 2 amide bonds. The Hall–Kier alpha value is -1.75. The maximum atomic E-state index is 12.3. The maximum absolute atomic E-state index is 12.3. The molecule has 0 aromatic heterocycles. The molecule has 94 valence electrons. The Morgan fingerprint density at radius 2 is 2.11 bits per heavy atom. The summed E-state index contributed by atoms with van der Waals surface area (Å²) in [6.45, 7) is 1.85. The highest BCUT2D eigenvalue weighted by Crippen LogP contribution is 2.22. The molecule has 0 radical (unpaired) electrons. The van der Waals surface area contributed by atoms with Gasteiger partial charge in [-0.15, -0.1) is 0 Å². The average molecular weight is 262 g/mol. The highest BCUT2D eigenvalue weighted by atomic mass is 32.1. The van der Waals surface area contributed by atoms with Crippen molar-refractivity contribution in [1.29, 1.82) is 0 Å². The lowest BCUT2D eigenvalue weighted by molar-refractivity contribution is -0.129. The Labute approximate surface area is 111 Å². The van der Waals surface area contributed by atoms with Gasteiger partial charge in [0.05, 0.1) is 17.5 Å². The molecule has 1 aromatic rings. The minimum atomic E-state index is -0.492. The summed E-state index contributed by atoms with van der Waals surface area (Å²) in [6, 6.07) is 6.63. The van der Waals surface area contributed by atoms with Crippen molar-refractivity contribution >= 4 is 29.0 Å². The van der Waals surface area contributed by atoms with E-state index in [4.69, 9.17) is 18.0 Å². The first kappa shape index (κ1) is 12.7. The number of rotatable bonds is 3. The summed E-state index contributed by atoms with van der Waals surface area (Å²) in [6.07, 6.45) is 0.760. The van der Waals surface area contributed by atoms with Gasteiger partial charge in [-0.1, -0.05) is 37.3 Å². The van der Waals surface area contributed by atoms with E-state index in [0.717, 1.165) is 5.56 Å². The van der Waals surface area contributed by atoms with Gasteiger partial charge in [0, 0.05) is 5.56 Å². The maximum Gasteiger partial charge on any atom is 0.261 e. The molecule has 0 saturated heterocycles. The van der Waals surface area contributed by atoms with E-state index in [2.05, 4.69) is 0 Å². The molecule has 0 bridgehead atoms. The van der Waals surface area contributed by atoms with Crippen LogP contribution in [0.1, 0.15) is 29.3 Å². The molecule has 1 aliphatic rings. The summed E-state index contributed by atoms with van der Waals surface area (Å²) in [4.78, 5) is 25.8. The summed E-state index contributed by atoms with van der Waals surface area (Å²) >= 11 is 4.93. The van der Waals surface area contributed by atoms with Crippen LogP contribution in [0.4, 0.5) is 0 Å². The standard InChI is InChI=1S/C13H14N2O2S/c1-2-10(12(14)18)15-11(16)7-8-5-3-4-6-9(8)13(15)17/h3-6,10H,2,7H2,1H3,(H2,14,18). The highest BCUT2D eigenvalue weighted by Gasteiger charge is 2.36. The molecule has 4 nitrogen and oxygen atoms in total. The second-order valence-electron chi connectivity index (χ2n) is 4.23. The Morgan fingerprint density at radius 3 is 2.72 bits per heavy atom.